The Morgan fingerprint density at radius 3 is 2.48 bits per heavy atom. The highest BCUT2D eigenvalue weighted by atomic mass is 35.5. The van der Waals surface area contributed by atoms with Crippen molar-refractivity contribution in [2.45, 2.75) is 0 Å². The van der Waals surface area contributed by atoms with E-state index in [4.69, 9.17) is 16.0 Å². The van der Waals surface area contributed by atoms with Gasteiger partial charge in [0, 0.05) is 16.0 Å². The van der Waals surface area contributed by atoms with Gasteiger partial charge < -0.3 is 9.73 Å². The fourth-order valence-corrected chi connectivity index (χ4v) is 3.47. The first-order valence-electron chi connectivity index (χ1n) is 9.14. The molecule has 29 heavy (non-hydrogen) atoms. The molecular weight excluding hydrogens is 384 g/mol. The van der Waals surface area contributed by atoms with Crippen molar-refractivity contribution in [3.63, 3.8) is 0 Å². The summed E-state index contributed by atoms with van der Waals surface area (Å²) in [7, 11) is 0. The van der Waals surface area contributed by atoms with E-state index in [1.165, 1.54) is 0 Å². The number of para-hydroxylation sites is 1. The monoisotopic (exact) mass is 398 g/mol. The van der Waals surface area contributed by atoms with E-state index in [-0.39, 0.29) is 5.91 Å². The molecule has 0 bridgehead atoms. The van der Waals surface area contributed by atoms with Crippen molar-refractivity contribution in [2.24, 2.45) is 0 Å². The number of halogens is 1. The summed E-state index contributed by atoms with van der Waals surface area (Å²) in [5.41, 5.74) is 3.38. The Balaban J connectivity index is 1.56. The fourth-order valence-electron chi connectivity index (χ4n) is 3.35. The predicted molar refractivity (Wildman–Crippen MR) is 116 cm³/mol. The molecule has 1 N–H and O–H groups in total. The first-order chi connectivity index (χ1) is 14.2. The van der Waals surface area contributed by atoms with Crippen LogP contribution in [0.1, 0.15) is 10.4 Å². The summed E-state index contributed by atoms with van der Waals surface area (Å²) >= 11 is 5.91. The van der Waals surface area contributed by atoms with Crippen LogP contribution < -0.4 is 5.32 Å². The summed E-state index contributed by atoms with van der Waals surface area (Å²) in [6.07, 6.45) is 0. The van der Waals surface area contributed by atoms with E-state index < -0.39 is 0 Å². The largest absolute Gasteiger partial charge is 0.435 e. The molecule has 5 rings (SSSR count). The molecule has 1 heterocycles. The lowest BCUT2D eigenvalue weighted by Crippen LogP contribution is -2.12. The van der Waals surface area contributed by atoms with Gasteiger partial charge in [-0.25, -0.2) is 4.98 Å². The number of anilines is 1. The smallest absolute Gasteiger partial charge is 0.255 e. The number of nitrogens with zero attached hydrogens (tertiary/aromatic N) is 1. The Bertz CT molecular complexity index is 1360. The molecule has 0 aliphatic heterocycles. The third-order valence-electron chi connectivity index (χ3n) is 4.79. The van der Waals surface area contributed by atoms with Crippen LogP contribution in [0.2, 0.25) is 5.02 Å². The second kappa shape index (κ2) is 7.08. The third kappa shape index (κ3) is 3.24. The summed E-state index contributed by atoms with van der Waals surface area (Å²) in [6.45, 7) is 0. The zero-order chi connectivity index (χ0) is 19.8. The molecule has 0 saturated carbocycles. The molecule has 0 unspecified atom stereocenters. The maximum atomic E-state index is 12.7. The highest BCUT2D eigenvalue weighted by Crippen LogP contribution is 2.33. The molecule has 0 radical (unpaired) electrons. The van der Waals surface area contributed by atoms with E-state index in [9.17, 15) is 4.79 Å². The van der Waals surface area contributed by atoms with Gasteiger partial charge in [0.2, 0.25) is 5.89 Å². The zero-order valence-electron chi connectivity index (χ0n) is 15.2. The number of carbonyl (C=O) groups is 1. The number of rotatable bonds is 3. The highest BCUT2D eigenvalue weighted by Gasteiger charge is 2.16. The fraction of sp³-hybridized carbons (Fsp3) is 0. The molecule has 0 spiro atoms. The van der Waals surface area contributed by atoms with Crippen molar-refractivity contribution in [2.75, 3.05) is 5.32 Å². The first-order valence-corrected chi connectivity index (χ1v) is 9.51. The number of hydrogen-bond acceptors (Lipinski definition) is 3. The molecule has 5 heteroatoms. The second-order valence-corrected chi connectivity index (χ2v) is 7.10. The van der Waals surface area contributed by atoms with Crippen LogP contribution in [-0.4, -0.2) is 10.9 Å². The van der Waals surface area contributed by atoms with Gasteiger partial charge in [-0.3, -0.25) is 4.79 Å². The Labute approximate surface area is 171 Å². The number of amides is 1. The van der Waals surface area contributed by atoms with Crippen LogP contribution in [0.4, 0.5) is 5.69 Å². The average Bonchev–Trinajstić information content (AvgIpc) is 3.19. The molecule has 0 saturated heterocycles. The molecule has 5 aromatic rings. The van der Waals surface area contributed by atoms with Crippen molar-refractivity contribution in [1.82, 2.24) is 4.98 Å². The maximum Gasteiger partial charge on any atom is 0.255 e. The van der Waals surface area contributed by atoms with Gasteiger partial charge >= 0.3 is 0 Å². The van der Waals surface area contributed by atoms with Crippen LogP contribution in [-0.2, 0) is 0 Å². The number of aromatic nitrogens is 1. The summed E-state index contributed by atoms with van der Waals surface area (Å²) in [5.74, 6) is 0.235. The third-order valence-corrected chi connectivity index (χ3v) is 5.04. The van der Waals surface area contributed by atoms with Crippen LogP contribution in [0.3, 0.4) is 0 Å². The van der Waals surface area contributed by atoms with Crippen LogP contribution in [0.5, 0.6) is 0 Å². The van der Waals surface area contributed by atoms with Crippen molar-refractivity contribution in [3.05, 3.63) is 95.5 Å². The van der Waals surface area contributed by atoms with Crippen molar-refractivity contribution >= 4 is 45.1 Å². The average molecular weight is 399 g/mol. The molecule has 0 fully saturated rings. The number of hydrogen-bond donors (Lipinski definition) is 1. The molecule has 1 amide bonds. The lowest BCUT2D eigenvalue weighted by atomic mass is 10.1. The van der Waals surface area contributed by atoms with E-state index >= 15 is 0 Å². The van der Waals surface area contributed by atoms with Gasteiger partial charge in [0.05, 0.1) is 11.3 Å². The van der Waals surface area contributed by atoms with Crippen molar-refractivity contribution in [3.8, 4) is 11.5 Å². The summed E-state index contributed by atoms with van der Waals surface area (Å²) < 4.78 is 6.13. The molecule has 0 aliphatic carbocycles. The van der Waals surface area contributed by atoms with Gasteiger partial charge in [-0.05, 0) is 47.9 Å². The molecule has 0 atom stereocenters. The molecular formula is C24H15ClN2O2. The lowest BCUT2D eigenvalue weighted by Gasteiger charge is -2.09. The molecule has 140 valence electrons. The Morgan fingerprint density at radius 1 is 0.862 bits per heavy atom. The predicted octanol–water partition coefficient (Wildman–Crippen LogP) is 6.55. The normalized spacial score (nSPS) is 11.1. The molecule has 0 aliphatic rings. The number of nitrogens with one attached hydrogen (secondary N) is 1. The van der Waals surface area contributed by atoms with Gasteiger partial charge in [0.15, 0.2) is 5.58 Å². The van der Waals surface area contributed by atoms with Crippen molar-refractivity contribution in [1.29, 1.82) is 0 Å². The topological polar surface area (TPSA) is 55.1 Å². The SMILES string of the molecule is O=C(Nc1ccccc1-c1nc2ccc3ccccc3c2o1)c1ccc(Cl)cc1. The highest BCUT2D eigenvalue weighted by molar-refractivity contribution is 6.30. The standard InChI is InChI=1S/C24H15ClN2O2/c25-17-12-9-16(10-13-17)23(28)26-20-8-4-3-7-19(20)24-27-21-14-11-15-5-1-2-6-18(15)22(21)29-24/h1-14H,(H,26,28). The quantitative estimate of drug-likeness (QED) is 0.374. The second-order valence-electron chi connectivity index (χ2n) is 6.66. The van der Waals surface area contributed by atoms with Gasteiger partial charge in [0.1, 0.15) is 5.52 Å². The van der Waals surface area contributed by atoms with Gasteiger partial charge in [-0.1, -0.05) is 54.1 Å². The van der Waals surface area contributed by atoms with E-state index in [0.29, 0.717) is 22.2 Å². The first kappa shape index (κ1) is 17.5. The van der Waals surface area contributed by atoms with Gasteiger partial charge in [-0.15, -0.1) is 0 Å². The van der Waals surface area contributed by atoms with Gasteiger partial charge in [0.25, 0.3) is 5.91 Å². The molecule has 4 nitrogen and oxygen atoms in total. The maximum absolute atomic E-state index is 12.7. The Hall–Kier alpha value is -3.63. The number of benzene rings is 4. The van der Waals surface area contributed by atoms with E-state index in [1.807, 2.05) is 60.7 Å². The molecule has 1 aromatic heterocycles. The van der Waals surface area contributed by atoms with Crippen LogP contribution in [0.25, 0.3) is 33.3 Å². The summed E-state index contributed by atoms with van der Waals surface area (Å²) in [4.78, 5) is 17.3. The number of carbonyl (C=O) groups excluding carboxylic acids is 1. The van der Waals surface area contributed by atoms with Gasteiger partial charge in [-0.2, -0.15) is 0 Å². The summed E-state index contributed by atoms with van der Waals surface area (Å²) in [5, 5.41) is 5.62. The van der Waals surface area contributed by atoms with E-state index in [2.05, 4.69) is 10.3 Å². The zero-order valence-corrected chi connectivity index (χ0v) is 16.0. The van der Waals surface area contributed by atoms with E-state index in [1.54, 1.807) is 24.3 Å². The minimum atomic E-state index is -0.226. The van der Waals surface area contributed by atoms with Crippen LogP contribution in [0.15, 0.2) is 89.3 Å². The van der Waals surface area contributed by atoms with Crippen molar-refractivity contribution < 1.29 is 9.21 Å². The number of fused-ring (bicyclic) bond motifs is 3. The lowest BCUT2D eigenvalue weighted by molar-refractivity contribution is 0.102. The Morgan fingerprint density at radius 2 is 1.62 bits per heavy atom. The van der Waals surface area contributed by atoms with Crippen LogP contribution in [0, 0.1) is 0 Å². The molecule has 4 aromatic carbocycles. The Kier molecular flexibility index (Phi) is 4.26. The number of oxazole rings is 1. The van der Waals surface area contributed by atoms with Crippen LogP contribution >= 0.6 is 11.6 Å². The minimum absolute atomic E-state index is 0.226. The van der Waals surface area contributed by atoms with E-state index in [0.717, 1.165) is 27.4 Å². The summed E-state index contributed by atoms with van der Waals surface area (Å²) in [6, 6.07) is 26.2. The minimum Gasteiger partial charge on any atom is -0.435 e.